The zero-order chi connectivity index (χ0) is 23.6. The molecule has 0 radical (unpaired) electrons. The lowest BCUT2D eigenvalue weighted by molar-refractivity contribution is -0.167. The summed E-state index contributed by atoms with van der Waals surface area (Å²) in [6, 6.07) is 9.85. The number of rotatable bonds is 6. The first-order valence-electron chi connectivity index (χ1n) is 11.1. The summed E-state index contributed by atoms with van der Waals surface area (Å²) < 4.78 is 11.3. The lowest BCUT2D eigenvalue weighted by atomic mass is 9.85. The van der Waals surface area contributed by atoms with Crippen LogP contribution in [0.1, 0.15) is 72.0 Å². The van der Waals surface area contributed by atoms with Crippen LogP contribution in [0, 0.1) is 13.8 Å². The van der Waals surface area contributed by atoms with Crippen molar-refractivity contribution in [2.24, 2.45) is 0 Å². The summed E-state index contributed by atoms with van der Waals surface area (Å²) in [4.78, 5) is 28.2. The average molecular weight is 440 g/mol. The van der Waals surface area contributed by atoms with Crippen molar-refractivity contribution in [3.8, 4) is 5.75 Å². The number of hydrogen-bond donors (Lipinski definition) is 1. The zero-order valence-electron chi connectivity index (χ0n) is 19.8. The molecule has 0 saturated heterocycles. The molecular formula is C26H33NO5. The number of fused-ring (bicyclic) bond motifs is 1. The van der Waals surface area contributed by atoms with E-state index in [-0.39, 0.29) is 18.3 Å². The van der Waals surface area contributed by atoms with Crippen molar-refractivity contribution in [2.45, 2.75) is 66.2 Å². The highest BCUT2D eigenvalue weighted by Crippen LogP contribution is 2.41. The average Bonchev–Trinajstić information content (AvgIpc) is 2.73. The van der Waals surface area contributed by atoms with Crippen molar-refractivity contribution in [1.29, 1.82) is 0 Å². The van der Waals surface area contributed by atoms with E-state index in [0.29, 0.717) is 41.8 Å². The van der Waals surface area contributed by atoms with Gasteiger partial charge in [0, 0.05) is 24.2 Å². The summed E-state index contributed by atoms with van der Waals surface area (Å²) in [6.07, 6.45) is -0.491. The molecule has 0 aliphatic carbocycles. The first-order chi connectivity index (χ1) is 15.0. The Hall–Kier alpha value is -2.86. The fourth-order valence-electron chi connectivity index (χ4n) is 4.25. The van der Waals surface area contributed by atoms with E-state index >= 15 is 0 Å². The number of esters is 1. The van der Waals surface area contributed by atoms with Crippen molar-refractivity contribution in [1.82, 2.24) is 4.90 Å². The molecule has 1 amide bonds. The van der Waals surface area contributed by atoms with Gasteiger partial charge in [-0.2, -0.15) is 0 Å². The molecule has 2 aromatic carbocycles. The number of amides is 1. The lowest BCUT2D eigenvalue weighted by Crippen LogP contribution is -2.38. The molecule has 1 N–H and O–H groups in total. The molecule has 0 saturated carbocycles. The van der Waals surface area contributed by atoms with Crippen molar-refractivity contribution >= 4 is 11.9 Å². The minimum Gasteiger partial charge on any atom is -0.507 e. The fourth-order valence-corrected chi connectivity index (χ4v) is 4.25. The van der Waals surface area contributed by atoms with Gasteiger partial charge in [0.25, 0.3) is 5.91 Å². The number of benzene rings is 2. The van der Waals surface area contributed by atoms with E-state index in [1.54, 1.807) is 20.8 Å². The second-order valence-corrected chi connectivity index (χ2v) is 9.19. The molecule has 32 heavy (non-hydrogen) atoms. The topological polar surface area (TPSA) is 76.1 Å². The predicted molar refractivity (Wildman–Crippen MR) is 123 cm³/mol. The summed E-state index contributed by atoms with van der Waals surface area (Å²) in [6.45, 7) is 12.1. The van der Waals surface area contributed by atoms with Gasteiger partial charge in [0.15, 0.2) is 6.10 Å². The number of ether oxygens (including phenoxy) is 2. The number of carbonyl (C=O) groups is 2. The van der Waals surface area contributed by atoms with Crippen LogP contribution in [0.15, 0.2) is 30.3 Å². The molecule has 6 heteroatoms. The number of hydrogen-bond acceptors (Lipinski definition) is 5. The number of carbonyl (C=O) groups excluding carboxylic acids is 2. The molecule has 1 aliphatic rings. The summed E-state index contributed by atoms with van der Waals surface area (Å²) in [5, 5.41) is 11.1. The monoisotopic (exact) mass is 439 g/mol. The first-order valence-corrected chi connectivity index (χ1v) is 11.1. The maximum Gasteiger partial charge on any atom is 0.340 e. The van der Waals surface area contributed by atoms with Crippen LogP contribution in [-0.2, 0) is 27.2 Å². The Balaban J connectivity index is 2.09. The number of nitrogens with zero attached hydrogens (tertiary/aromatic N) is 1. The van der Waals surface area contributed by atoms with Gasteiger partial charge in [-0.3, -0.25) is 4.79 Å². The van der Waals surface area contributed by atoms with E-state index in [9.17, 15) is 14.7 Å². The third-order valence-corrected chi connectivity index (χ3v) is 5.73. The highest BCUT2D eigenvalue weighted by atomic mass is 16.6. The minimum absolute atomic E-state index is 0.00661. The Morgan fingerprint density at radius 2 is 1.81 bits per heavy atom. The summed E-state index contributed by atoms with van der Waals surface area (Å²) in [5.74, 6) is -0.687. The maximum atomic E-state index is 13.5. The summed E-state index contributed by atoms with van der Waals surface area (Å²) in [5.41, 5.74) is 3.25. The molecule has 0 spiro atoms. The molecule has 1 atom stereocenters. The van der Waals surface area contributed by atoms with Gasteiger partial charge in [-0.05, 0) is 70.2 Å². The van der Waals surface area contributed by atoms with E-state index in [0.717, 1.165) is 11.1 Å². The Morgan fingerprint density at radius 1 is 1.16 bits per heavy atom. The molecule has 1 aliphatic heterocycles. The Labute approximate surface area is 190 Å². The van der Waals surface area contributed by atoms with Crippen LogP contribution in [-0.4, -0.2) is 40.6 Å². The van der Waals surface area contributed by atoms with Crippen LogP contribution >= 0.6 is 0 Å². The van der Waals surface area contributed by atoms with Gasteiger partial charge >= 0.3 is 5.97 Å². The quantitative estimate of drug-likeness (QED) is 0.665. The minimum atomic E-state index is -1.13. The molecule has 0 fully saturated rings. The van der Waals surface area contributed by atoms with E-state index in [1.807, 2.05) is 56.0 Å². The molecule has 0 bridgehead atoms. The van der Waals surface area contributed by atoms with Crippen LogP contribution in [0.3, 0.4) is 0 Å². The van der Waals surface area contributed by atoms with Crippen molar-refractivity contribution in [3.63, 3.8) is 0 Å². The van der Waals surface area contributed by atoms with Crippen LogP contribution in [0.5, 0.6) is 5.75 Å². The highest BCUT2D eigenvalue weighted by molar-refractivity contribution is 6.00. The van der Waals surface area contributed by atoms with Gasteiger partial charge in [0.2, 0.25) is 0 Å². The molecule has 0 aromatic heterocycles. The largest absolute Gasteiger partial charge is 0.507 e. The third-order valence-electron chi connectivity index (χ3n) is 5.73. The molecular weight excluding hydrogens is 406 g/mol. The van der Waals surface area contributed by atoms with E-state index < -0.39 is 17.7 Å². The van der Waals surface area contributed by atoms with Crippen LogP contribution in [0.2, 0.25) is 0 Å². The SMILES string of the molecule is CCOC(=O)C(OC(C)(C)C)c1c(C)c2c(c(C)c1O)CCN(Cc1ccccc1)C2=O. The van der Waals surface area contributed by atoms with Crippen LogP contribution in [0.25, 0.3) is 0 Å². The predicted octanol–water partition coefficient (Wildman–Crippen LogP) is 4.63. The third kappa shape index (κ3) is 4.80. The Bertz CT molecular complexity index is 1010. The van der Waals surface area contributed by atoms with Gasteiger partial charge in [0.1, 0.15) is 5.75 Å². The zero-order valence-corrected chi connectivity index (χ0v) is 19.8. The van der Waals surface area contributed by atoms with Gasteiger partial charge in [-0.15, -0.1) is 0 Å². The lowest BCUT2D eigenvalue weighted by Gasteiger charge is -2.34. The van der Waals surface area contributed by atoms with Crippen LogP contribution < -0.4 is 0 Å². The standard InChI is InChI=1S/C26H33NO5/c1-7-31-25(30)23(32-26(4,5)6)21-17(3)20-19(16(2)22(21)28)13-14-27(24(20)29)15-18-11-9-8-10-12-18/h8-12,23,28H,7,13-15H2,1-6H3. The normalized spacial score (nSPS) is 14.8. The van der Waals surface area contributed by atoms with Crippen molar-refractivity contribution in [2.75, 3.05) is 13.2 Å². The number of phenols is 1. The molecule has 3 rings (SSSR count). The Morgan fingerprint density at radius 3 is 2.41 bits per heavy atom. The maximum absolute atomic E-state index is 13.5. The Kier molecular flexibility index (Phi) is 6.94. The smallest absolute Gasteiger partial charge is 0.340 e. The van der Waals surface area contributed by atoms with Gasteiger partial charge in [0.05, 0.1) is 12.2 Å². The van der Waals surface area contributed by atoms with E-state index in [4.69, 9.17) is 9.47 Å². The molecule has 1 heterocycles. The van der Waals surface area contributed by atoms with Crippen LogP contribution in [0.4, 0.5) is 0 Å². The van der Waals surface area contributed by atoms with E-state index in [2.05, 4.69) is 0 Å². The molecule has 1 unspecified atom stereocenters. The van der Waals surface area contributed by atoms with Crippen molar-refractivity contribution < 1.29 is 24.2 Å². The number of phenolic OH excluding ortho intramolecular Hbond substituents is 1. The highest BCUT2D eigenvalue weighted by Gasteiger charge is 2.37. The molecule has 2 aromatic rings. The van der Waals surface area contributed by atoms with E-state index in [1.165, 1.54) is 0 Å². The second-order valence-electron chi connectivity index (χ2n) is 9.19. The second kappa shape index (κ2) is 9.33. The van der Waals surface area contributed by atoms with Crippen molar-refractivity contribution in [3.05, 3.63) is 63.7 Å². The summed E-state index contributed by atoms with van der Waals surface area (Å²) >= 11 is 0. The number of aromatic hydroxyl groups is 1. The van der Waals surface area contributed by atoms with Gasteiger partial charge in [-0.25, -0.2) is 4.79 Å². The molecule has 6 nitrogen and oxygen atoms in total. The summed E-state index contributed by atoms with van der Waals surface area (Å²) in [7, 11) is 0. The molecule has 172 valence electrons. The first kappa shape index (κ1) is 23.8. The van der Waals surface area contributed by atoms with Gasteiger partial charge < -0.3 is 19.5 Å². The fraction of sp³-hybridized carbons (Fsp3) is 0.462. The van der Waals surface area contributed by atoms with Gasteiger partial charge in [-0.1, -0.05) is 30.3 Å².